The minimum Gasteiger partial charge on any atom is -0.493 e. The van der Waals surface area contributed by atoms with Gasteiger partial charge in [-0.2, -0.15) is 0 Å². The maximum Gasteiger partial charge on any atom is 0.257 e. The van der Waals surface area contributed by atoms with E-state index in [1.165, 1.54) is 13.2 Å². The molecule has 0 fully saturated rings. The Morgan fingerprint density at radius 1 is 1.28 bits per heavy atom. The third-order valence-corrected chi connectivity index (χ3v) is 4.32. The molecule has 2 rings (SSSR count). The standard InChI is InChI=1S/C18H17BrClNO4/c1-24-16-9-15(19)13(10-22)8-17(16)25-11-18(23)21-6-5-12-3-2-4-14(20)7-12/h2-4,7-10H,5-6,11H2,1H3,(H,21,23). The van der Waals surface area contributed by atoms with Crippen LogP contribution < -0.4 is 14.8 Å². The van der Waals surface area contributed by atoms with E-state index in [1.807, 2.05) is 18.2 Å². The lowest BCUT2D eigenvalue weighted by Crippen LogP contribution is -2.30. The van der Waals surface area contributed by atoms with Crippen molar-refractivity contribution in [1.29, 1.82) is 0 Å². The minimum absolute atomic E-state index is 0.175. The molecule has 25 heavy (non-hydrogen) atoms. The number of aldehydes is 1. The molecule has 0 spiro atoms. The fourth-order valence-electron chi connectivity index (χ4n) is 2.15. The minimum atomic E-state index is -0.264. The first-order valence-corrected chi connectivity index (χ1v) is 8.67. The third kappa shape index (κ3) is 5.76. The monoisotopic (exact) mass is 425 g/mol. The van der Waals surface area contributed by atoms with E-state index in [2.05, 4.69) is 21.2 Å². The summed E-state index contributed by atoms with van der Waals surface area (Å²) >= 11 is 9.19. The van der Waals surface area contributed by atoms with Crippen LogP contribution in [0.4, 0.5) is 0 Å². The average molecular weight is 427 g/mol. The zero-order valence-corrected chi connectivity index (χ0v) is 15.9. The van der Waals surface area contributed by atoms with Crippen molar-refractivity contribution in [3.8, 4) is 11.5 Å². The first-order valence-electron chi connectivity index (χ1n) is 7.50. The van der Waals surface area contributed by atoms with Gasteiger partial charge in [0.2, 0.25) is 0 Å². The number of amides is 1. The quantitative estimate of drug-likeness (QED) is 0.654. The Bertz CT molecular complexity index is 767. The fraction of sp³-hybridized carbons (Fsp3) is 0.222. The van der Waals surface area contributed by atoms with Crippen molar-refractivity contribution >= 4 is 39.7 Å². The van der Waals surface area contributed by atoms with Gasteiger partial charge in [0.05, 0.1) is 7.11 Å². The predicted octanol–water partition coefficient (Wildman–Crippen LogP) is 3.66. The summed E-state index contributed by atoms with van der Waals surface area (Å²) in [6, 6.07) is 10.6. The predicted molar refractivity (Wildman–Crippen MR) is 99.7 cm³/mol. The van der Waals surface area contributed by atoms with Gasteiger partial charge in [0, 0.05) is 21.6 Å². The van der Waals surface area contributed by atoms with Crippen LogP contribution in [0.3, 0.4) is 0 Å². The number of methoxy groups -OCH3 is 1. The molecular formula is C18H17BrClNO4. The van der Waals surface area contributed by atoms with Gasteiger partial charge in [-0.05, 0) is 52.2 Å². The van der Waals surface area contributed by atoms with Crippen molar-refractivity contribution in [2.24, 2.45) is 0 Å². The lowest BCUT2D eigenvalue weighted by molar-refractivity contribution is -0.123. The van der Waals surface area contributed by atoms with Crippen molar-refractivity contribution in [2.45, 2.75) is 6.42 Å². The summed E-state index contributed by atoms with van der Waals surface area (Å²) < 4.78 is 11.3. The highest BCUT2D eigenvalue weighted by atomic mass is 79.9. The first kappa shape index (κ1) is 19.3. The summed E-state index contributed by atoms with van der Waals surface area (Å²) in [4.78, 5) is 22.9. The molecule has 0 saturated carbocycles. The van der Waals surface area contributed by atoms with Crippen LogP contribution in [0, 0.1) is 0 Å². The molecule has 0 atom stereocenters. The van der Waals surface area contributed by atoms with E-state index in [1.54, 1.807) is 12.1 Å². The van der Waals surface area contributed by atoms with E-state index in [0.29, 0.717) is 45.8 Å². The molecule has 1 N–H and O–H groups in total. The number of hydrogen-bond donors (Lipinski definition) is 1. The molecule has 0 aromatic heterocycles. The van der Waals surface area contributed by atoms with E-state index < -0.39 is 0 Å². The van der Waals surface area contributed by atoms with Gasteiger partial charge in [-0.15, -0.1) is 0 Å². The molecule has 0 unspecified atom stereocenters. The van der Waals surface area contributed by atoms with E-state index in [-0.39, 0.29) is 12.5 Å². The molecule has 132 valence electrons. The van der Waals surface area contributed by atoms with Gasteiger partial charge in [0.1, 0.15) is 0 Å². The zero-order valence-electron chi connectivity index (χ0n) is 13.6. The Balaban J connectivity index is 1.86. The van der Waals surface area contributed by atoms with Gasteiger partial charge in [0.25, 0.3) is 5.91 Å². The summed E-state index contributed by atoms with van der Waals surface area (Å²) in [6.45, 7) is 0.297. The van der Waals surface area contributed by atoms with Gasteiger partial charge in [-0.25, -0.2) is 0 Å². The number of nitrogens with one attached hydrogen (secondary N) is 1. The van der Waals surface area contributed by atoms with Crippen molar-refractivity contribution in [1.82, 2.24) is 5.32 Å². The molecule has 2 aromatic rings. The number of hydrogen-bond acceptors (Lipinski definition) is 4. The zero-order chi connectivity index (χ0) is 18.2. The highest BCUT2D eigenvalue weighted by molar-refractivity contribution is 9.10. The van der Waals surface area contributed by atoms with E-state index in [0.717, 1.165) is 5.56 Å². The maximum atomic E-state index is 11.9. The van der Waals surface area contributed by atoms with Crippen LogP contribution in [0.1, 0.15) is 15.9 Å². The molecule has 2 aromatic carbocycles. The second-order valence-corrected chi connectivity index (χ2v) is 6.45. The molecule has 0 aliphatic rings. The molecule has 0 aliphatic heterocycles. The SMILES string of the molecule is COc1cc(Br)c(C=O)cc1OCC(=O)NCCc1cccc(Cl)c1. The normalized spacial score (nSPS) is 10.2. The topological polar surface area (TPSA) is 64.6 Å². The second-order valence-electron chi connectivity index (χ2n) is 5.16. The Morgan fingerprint density at radius 3 is 2.76 bits per heavy atom. The van der Waals surface area contributed by atoms with Crippen LogP contribution in [-0.4, -0.2) is 32.5 Å². The Morgan fingerprint density at radius 2 is 2.08 bits per heavy atom. The molecule has 0 aliphatic carbocycles. The average Bonchev–Trinajstić information content (AvgIpc) is 2.60. The molecule has 0 bridgehead atoms. The van der Waals surface area contributed by atoms with Crippen LogP contribution in [0.5, 0.6) is 11.5 Å². The molecule has 7 heteroatoms. The molecular weight excluding hydrogens is 410 g/mol. The Kier molecular flexibility index (Phi) is 7.28. The van der Waals surface area contributed by atoms with Gasteiger partial charge in [-0.1, -0.05) is 23.7 Å². The molecule has 0 heterocycles. The van der Waals surface area contributed by atoms with E-state index in [9.17, 15) is 9.59 Å². The number of carbonyl (C=O) groups excluding carboxylic acids is 2. The lowest BCUT2D eigenvalue weighted by atomic mass is 10.1. The molecule has 1 amide bonds. The van der Waals surface area contributed by atoms with Crippen molar-refractivity contribution in [2.75, 3.05) is 20.3 Å². The number of rotatable bonds is 8. The van der Waals surface area contributed by atoms with Crippen LogP contribution in [0.25, 0.3) is 0 Å². The van der Waals surface area contributed by atoms with Gasteiger partial charge in [0.15, 0.2) is 24.4 Å². The third-order valence-electron chi connectivity index (χ3n) is 3.39. The summed E-state index contributed by atoms with van der Waals surface area (Å²) in [7, 11) is 1.49. The molecule has 0 radical (unpaired) electrons. The van der Waals surface area contributed by atoms with E-state index >= 15 is 0 Å². The second kappa shape index (κ2) is 9.44. The highest BCUT2D eigenvalue weighted by Crippen LogP contribution is 2.32. The molecule has 0 saturated heterocycles. The smallest absolute Gasteiger partial charge is 0.257 e. The Labute approximate surface area is 159 Å². The highest BCUT2D eigenvalue weighted by Gasteiger charge is 2.11. The van der Waals surface area contributed by atoms with Crippen LogP contribution >= 0.6 is 27.5 Å². The van der Waals surface area contributed by atoms with Crippen molar-refractivity contribution < 1.29 is 19.1 Å². The number of halogens is 2. The largest absolute Gasteiger partial charge is 0.493 e. The lowest BCUT2D eigenvalue weighted by Gasteiger charge is -2.12. The number of carbonyl (C=O) groups is 2. The van der Waals surface area contributed by atoms with Gasteiger partial charge < -0.3 is 14.8 Å². The first-order chi connectivity index (χ1) is 12.0. The van der Waals surface area contributed by atoms with Gasteiger partial charge in [-0.3, -0.25) is 9.59 Å². The molecule has 5 nitrogen and oxygen atoms in total. The summed E-state index contributed by atoms with van der Waals surface area (Å²) in [6.07, 6.45) is 1.37. The number of benzene rings is 2. The summed E-state index contributed by atoms with van der Waals surface area (Å²) in [5, 5.41) is 3.44. The van der Waals surface area contributed by atoms with E-state index in [4.69, 9.17) is 21.1 Å². The van der Waals surface area contributed by atoms with Crippen molar-refractivity contribution in [3.63, 3.8) is 0 Å². The summed E-state index contributed by atoms with van der Waals surface area (Å²) in [5.74, 6) is 0.502. The fourth-order valence-corrected chi connectivity index (χ4v) is 2.78. The number of ether oxygens (including phenoxy) is 2. The van der Waals surface area contributed by atoms with Gasteiger partial charge >= 0.3 is 0 Å². The summed E-state index contributed by atoms with van der Waals surface area (Å²) in [5.41, 5.74) is 1.45. The van der Waals surface area contributed by atoms with Crippen LogP contribution in [-0.2, 0) is 11.2 Å². The Hall–Kier alpha value is -2.05. The van der Waals surface area contributed by atoms with Crippen LogP contribution in [0.15, 0.2) is 40.9 Å². The maximum absolute atomic E-state index is 11.9. The van der Waals surface area contributed by atoms with Crippen LogP contribution in [0.2, 0.25) is 5.02 Å². The van der Waals surface area contributed by atoms with Crippen molar-refractivity contribution in [3.05, 3.63) is 57.0 Å².